The van der Waals surface area contributed by atoms with Crippen molar-refractivity contribution in [2.45, 2.75) is 264 Å². The van der Waals surface area contributed by atoms with Gasteiger partial charge >= 0.3 is 25.7 Å². The van der Waals surface area contributed by atoms with Gasteiger partial charge in [0.05, 0.1) is 13.2 Å². The number of nitrogens with two attached hydrogens (primary N) is 1. The van der Waals surface area contributed by atoms with Gasteiger partial charge in [0.2, 0.25) is 0 Å². The summed E-state index contributed by atoms with van der Waals surface area (Å²) >= 11 is 0. The second-order valence-corrected chi connectivity index (χ2v) is 18.8. The SMILES string of the molecule is CCCCCCCC/C=C/CCCCCCCCCCCC(=O)O[C@H](COC(=O)CCCCCCCCCCCCCCCCCCCC)COP(=O)(O)OC[C@H](N)C(=O)O. The molecule has 0 bridgehead atoms. The van der Waals surface area contributed by atoms with E-state index in [-0.39, 0.29) is 19.4 Å². The molecular weight excluding hydrogens is 794 g/mol. The lowest BCUT2D eigenvalue weighted by molar-refractivity contribution is -0.161. The van der Waals surface area contributed by atoms with E-state index in [1.54, 1.807) is 0 Å². The summed E-state index contributed by atoms with van der Waals surface area (Å²) in [6.45, 7) is 2.85. The van der Waals surface area contributed by atoms with Crippen molar-refractivity contribution >= 4 is 25.7 Å². The van der Waals surface area contributed by atoms with Crippen LogP contribution < -0.4 is 5.73 Å². The molecule has 0 aliphatic heterocycles. The van der Waals surface area contributed by atoms with Crippen molar-refractivity contribution in [2.24, 2.45) is 5.73 Å². The maximum atomic E-state index is 12.7. The molecule has 1 unspecified atom stereocenters. The predicted molar refractivity (Wildman–Crippen MR) is 249 cm³/mol. The summed E-state index contributed by atoms with van der Waals surface area (Å²) in [4.78, 5) is 46.1. The van der Waals surface area contributed by atoms with Gasteiger partial charge in [0.25, 0.3) is 0 Å². The summed E-state index contributed by atoms with van der Waals surface area (Å²) in [5, 5.41) is 8.91. The molecular formula is C49H94NO10P. The molecule has 4 N–H and O–H groups in total. The van der Waals surface area contributed by atoms with Gasteiger partial charge in [-0.15, -0.1) is 0 Å². The molecule has 0 aliphatic rings. The van der Waals surface area contributed by atoms with E-state index in [1.807, 2.05) is 0 Å². The minimum absolute atomic E-state index is 0.164. The topological polar surface area (TPSA) is 172 Å². The van der Waals surface area contributed by atoms with E-state index in [1.165, 1.54) is 173 Å². The van der Waals surface area contributed by atoms with Crippen molar-refractivity contribution in [1.82, 2.24) is 0 Å². The van der Waals surface area contributed by atoms with Crippen LogP contribution in [0.4, 0.5) is 0 Å². The molecule has 0 rings (SSSR count). The van der Waals surface area contributed by atoms with Crippen LogP contribution in [0.3, 0.4) is 0 Å². The first-order valence-corrected chi connectivity index (χ1v) is 26.7. The van der Waals surface area contributed by atoms with Crippen LogP contribution in [-0.4, -0.2) is 59.9 Å². The Hall–Kier alpha value is -1.78. The minimum Gasteiger partial charge on any atom is -0.480 e. The summed E-state index contributed by atoms with van der Waals surface area (Å²) in [5.41, 5.74) is 5.35. The summed E-state index contributed by atoms with van der Waals surface area (Å²) in [6.07, 6.45) is 47.0. The van der Waals surface area contributed by atoms with E-state index in [2.05, 4.69) is 30.5 Å². The highest BCUT2D eigenvalue weighted by molar-refractivity contribution is 7.47. The largest absolute Gasteiger partial charge is 0.480 e. The zero-order chi connectivity index (χ0) is 44.9. The van der Waals surface area contributed by atoms with E-state index in [4.69, 9.17) is 24.8 Å². The fourth-order valence-electron chi connectivity index (χ4n) is 7.30. The third-order valence-corrected chi connectivity index (χ3v) is 12.2. The number of esters is 2. The fraction of sp³-hybridized carbons (Fsp3) is 0.898. The maximum Gasteiger partial charge on any atom is 0.472 e. The Kier molecular flexibility index (Phi) is 43.5. The number of hydrogen-bond donors (Lipinski definition) is 3. The highest BCUT2D eigenvalue weighted by atomic mass is 31.2. The Balaban J connectivity index is 4.23. The standard InChI is InChI=1S/C49H94NO10P/c1-3-5-7-9-11-13-15-17-19-21-23-25-27-29-31-33-35-37-39-41-48(52)60-45(43-58-61(55,56)59-44-46(50)49(53)54)42-57-47(51)40-38-36-34-32-30-28-26-24-22-20-18-16-14-12-10-8-6-4-2/h17,19,45-46H,3-16,18,20-44,50H2,1-2H3,(H,53,54)(H,55,56)/b19-17+/t45-,46+/m1/s1. The maximum absolute atomic E-state index is 12.7. The van der Waals surface area contributed by atoms with E-state index >= 15 is 0 Å². The molecule has 12 heteroatoms. The third-order valence-electron chi connectivity index (χ3n) is 11.3. The number of carboxylic acids is 1. The van der Waals surface area contributed by atoms with E-state index in [0.717, 1.165) is 38.5 Å². The number of unbranched alkanes of at least 4 members (excludes halogenated alkanes) is 32. The van der Waals surface area contributed by atoms with Gasteiger partial charge in [-0.05, 0) is 38.5 Å². The van der Waals surface area contributed by atoms with Crippen LogP contribution in [-0.2, 0) is 37.5 Å². The summed E-state index contributed by atoms with van der Waals surface area (Å²) in [5.74, 6) is -2.36. The summed E-state index contributed by atoms with van der Waals surface area (Å²) in [6, 6.07) is -1.52. The van der Waals surface area contributed by atoms with Gasteiger partial charge in [0, 0.05) is 12.8 Å². The first-order valence-electron chi connectivity index (χ1n) is 25.2. The fourth-order valence-corrected chi connectivity index (χ4v) is 8.08. The van der Waals surface area contributed by atoms with Crippen LogP contribution in [0.1, 0.15) is 251 Å². The number of hydrogen-bond acceptors (Lipinski definition) is 9. The minimum atomic E-state index is -4.72. The Bertz CT molecular complexity index is 1090. The number of rotatable bonds is 48. The highest BCUT2D eigenvalue weighted by Crippen LogP contribution is 2.43. The van der Waals surface area contributed by atoms with Crippen molar-refractivity contribution in [3.05, 3.63) is 12.2 Å². The van der Waals surface area contributed by atoms with Crippen molar-refractivity contribution in [3.8, 4) is 0 Å². The van der Waals surface area contributed by atoms with Crippen LogP contribution in [0.15, 0.2) is 12.2 Å². The molecule has 0 radical (unpaired) electrons. The summed E-state index contributed by atoms with van der Waals surface area (Å²) in [7, 11) is -4.72. The van der Waals surface area contributed by atoms with Crippen molar-refractivity contribution in [3.63, 3.8) is 0 Å². The van der Waals surface area contributed by atoms with Crippen LogP contribution in [0.25, 0.3) is 0 Å². The number of carbonyl (C=O) groups excluding carboxylic acids is 2. The van der Waals surface area contributed by atoms with Crippen LogP contribution in [0.2, 0.25) is 0 Å². The normalized spacial score (nSPS) is 13.6. The average molecular weight is 888 g/mol. The molecule has 0 saturated carbocycles. The molecule has 3 atom stereocenters. The Morgan fingerprint density at radius 3 is 1.20 bits per heavy atom. The zero-order valence-electron chi connectivity index (χ0n) is 39.3. The van der Waals surface area contributed by atoms with Gasteiger partial charge in [-0.25, -0.2) is 4.57 Å². The molecule has 0 heterocycles. The van der Waals surface area contributed by atoms with Crippen LogP contribution in [0, 0.1) is 0 Å². The lowest BCUT2D eigenvalue weighted by atomic mass is 10.0. The van der Waals surface area contributed by atoms with E-state index in [0.29, 0.717) is 12.8 Å². The molecule has 11 nitrogen and oxygen atoms in total. The molecule has 0 fully saturated rings. The lowest BCUT2D eigenvalue weighted by Crippen LogP contribution is -2.34. The van der Waals surface area contributed by atoms with Gasteiger partial charge in [-0.2, -0.15) is 0 Å². The number of allylic oxidation sites excluding steroid dienone is 2. The van der Waals surface area contributed by atoms with Crippen LogP contribution in [0.5, 0.6) is 0 Å². The Morgan fingerprint density at radius 1 is 0.492 bits per heavy atom. The Morgan fingerprint density at radius 2 is 0.820 bits per heavy atom. The van der Waals surface area contributed by atoms with Gasteiger partial charge in [0.1, 0.15) is 12.6 Å². The molecule has 0 aromatic carbocycles. The second kappa shape index (κ2) is 44.8. The molecule has 360 valence electrons. The smallest absolute Gasteiger partial charge is 0.472 e. The molecule has 0 aliphatic carbocycles. The monoisotopic (exact) mass is 888 g/mol. The molecule has 0 saturated heterocycles. The number of phosphoric acid groups is 1. The zero-order valence-corrected chi connectivity index (χ0v) is 40.2. The van der Waals surface area contributed by atoms with Gasteiger partial charge in [-0.1, -0.05) is 212 Å². The Labute approximate surface area is 373 Å². The number of carboxylic acid groups (broad SMARTS) is 1. The van der Waals surface area contributed by atoms with Crippen molar-refractivity contribution in [1.29, 1.82) is 0 Å². The third kappa shape index (κ3) is 44.6. The molecule has 61 heavy (non-hydrogen) atoms. The number of phosphoric ester groups is 1. The average Bonchev–Trinajstić information content (AvgIpc) is 3.24. The number of ether oxygens (including phenoxy) is 2. The van der Waals surface area contributed by atoms with Crippen molar-refractivity contribution in [2.75, 3.05) is 19.8 Å². The van der Waals surface area contributed by atoms with E-state index in [9.17, 15) is 23.8 Å². The van der Waals surface area contributed by atoms with Crippen LogP contribution >= 0.6 is 7.82 Å². The second-order valence-electron chi connectivity index (χ2n) is 17.3. The van der Waals surface area contributed by atoms with Gasteiger partial charge in [0.15, 0.2) is 6.10 Å². The highest BCUT2D eigenvalue weighted by Gasteiger charge is 2.28. The molecule has 0 aromatic heterocycles. The molecule has 0 amide bonds. The van der Waals surface area contributed by atoms with Crippen molar-refractivity contribution < 1.29 is 47.5 Å². The molecule has 0 spiro atoms. The van der Waals surface area contributed by atoms with Gasteiger partial charge < -0.3 is 25.2 Å². The lowest BCUT2D eigenvalue weighted by Gasteiger charge is -2.20. The first kappa shape index (κ1) is 59.2. The predicted octanol–water partition coefficient (Wildman–Crippen LogP) is 14.0. The first-order chi connectivity index (χ1) is 29.6. The molecule has 0 aromatic rings. The summed E-state index contributed by atoms with van der Waals surface area (Å²) < 4.78 is 32.8. The van der Waals surface area contributed by atoms with Gasteiger partial charge in [-0.3, -0.25) is 23.4 Å². The number of carbonyl (C=O) groups is 3. The van der Waals surface area contributed by atoms with E-state index < -0.39 is 51.1 Å². The number of aliphatic carboxylic acids is 1. The quantitative estimate of drug-likeness (QED) is 0.0230.